The van der Waals surface area contributed by atoms with Crippen molar-refractivity contribution in [2.75, 3.05) is 6.54 Å². The fourth-order valence-electron chi connectivity index (χ4n) is 3.74. The van der Waals surface area contributed by atoms with Crippen LogP contribution in [0.15, 0.2) is 42.5 Å². The highest BCUT2D eigenvalue weighted by molar-refractivity contribution is 5.75. The Balaban J connectivity index is 1.82. The van der Waals surface area contributed by atoms with Crippen LogP contribution in [0.5, 0.6) is 0 Å². The average Bonchev–Trinajstić information content (AvgIpc) is 2.65. The third-order valence-electron chi connectivity index (χ3n) is 5.14. The van der Waals surface area contributed by atoms with Crippen molar-refractivity contribution < 1.29 is 14.6 Å². The molecule has 2 N–H and O–H groups in total. The van der Waals surface area contributed by atoms with Crippen molar-refractivity contribution >= 4 is 12.0 Å². The van der Waals surface area contributed by atoms with Crippen LogP contribution in [-0.4, -0.2) is 23.2 Å². The molecule has 0 bridgehead atoms. The molecule has 0 saturated heterocycles. The number of aryl methyl sites for hydroxylation is 1. The van der Waals surface area contributed by atoms with Crippen LogP contribution in [0.25, 0.3) is 6.08 Å². The van der Waals surface area contributed by atoms with E-state index < -0.39 is 5.60 Å². The fraction of sp³-hybridized carbons (Fsp3) is 0.400. The number of hydrogen-bond donors (Lipinski definition) is 2. The van der Waals surface area contributed by atoms with Crippen LogP contribution in [-0.2, 0) is 29.0 Å². The molecule has 29 heavy (non-hydrogen) atoms. The summed E-state index contributed by atoms with van der Waals surface area (Å²) in [6, 6.07) is 12.3. The highest BCUT2D eigenvalue weighted by Crippen LogP contribution is 2.28. The summed E-state index contributed by atoms with van der Waals surface area (Å²) in [5.41, 5.74) is 6.13. The zero-order valence-corrected chi connectivity index (χ0v) is 17.8. The van der Waals surface area contributed by atoms with Crippen molar-refractivity contribution in [3.05, 3.63) is 75.9 Å². The van der Waals surface area contributed by atoms with Crippen molar-refractivity contribution in [3.63, 3.8) is 0 Å². The van der Waals surface area contributed by atoms with E-state index >= 15 is 0 Å². The molecule has 0 spiro atoms. The predicted molar refractivity (Wildman–Crippen MR) is 117 cm³/mol. The van der Waals surface area contributed by atoms with Crippen molar-refractivity contribution in [2.24, 2.45) is 0 Å². The second kappa shape index (κ2) is 8.93. The third kappa shape index (κ3) is 5.55. The number of benzene rings is 2. The Morgan fingerprint density at radius 3 is 2.72 bits per heavy atom. The molecule has 2 aromatic carbocycles. The lowest BCUT2D eigenvalue weighted by Crippen LogP contribution is -2.29. The first-order valence-electron chi connectivity index (χ1n) is 10.2. The zero-order valence-electron chi connectivity index (χ0n) is 17.8. The van der Waals surface area contributed by atoms with E-state index in [0.717, 1.165) is 35.2 Å². The molecule has 0 aromatic heterocycles. The van der Waals surface area contributed by atoms with Gasteiger partial charge in [0.2, 0.25) is 0 Å². The van der Waals surface area contributed by atoms with Gasteiger partial charge in [-0.3, -0.25) is 4.79 Å². The van der Waals surface area contributed by atoms with Crippen LogP contribution in [0.4, 0.5) is 0 Å². The summed E-state index contributed by atoms with van der Waals surface area (Å²) in [6.45, 7) is 8.65. The Morgan fingerprint density at radius 1 is 1.24 bits per heavy atom. The van der Waals surface area contributed by atoms with Crippen LogP contribution in [0, 0.1) is 6.92 Å². The SMILES string of the molecule is Cc1cc2c(cc1CO)C(/C=C/c1ccccc1CC(=O)OC(C)(C)C)NCC2. The van der Waals surface area contributed by atoms with Gasteiger partial charge in [0.15, 0.2) is 0 Å². The molecule has 2 aromatic rings. The van der Waals surface area contributed by atoms with Gasteiger partial charge in [-0.15, -0.1) is 0 Å². The van der Waals surface area contributed by atoms with Gasteiger partial charge in [0, 0.05) is 6.54 Å². The molecule has 0 aliphatic carbocycles. The smallest absolute Gasteiger partial charge is 0.310 e. The molecule has 0 amide bonds. The predicted octanol–water partition coefficient (Wildman–Crippen LogP) is 4.27. The van der Waals surface area contributed by atoms with Gasteiger partial charge in [-0.2, -0.15) is 0 Å². The number of nitrogens with one attached hydrogen (secondary N) is 1. The monoisotopic (exact) mass is 393 g/mol. The molecule has 0 radical (unpaired) electrons. The van der Waals surface area contributed by atoms with Crippen LogP contribution in [0.3, 0.4) is 0 Å². The minimum Gasteiger partial charge on any atom is -0.460 e. The maximum atomic E-state index is 12.3. The van der Waals surface area contributed by atoms with Crippen LogP contribution in [0.1, 0.15) is 60.2 Å². The first-order chi connectivity index (χ1) is 13.8. The van der Waals surface area contributed by atoms with Crippen LogP contribution in [0.2, 0.25) is 0 Å². The molecule has 154 valence electrons. The maximum Gasteiger partial charge on any atom is 0.310 e. The number of rotatable bonds is 5. The van der Waals surface area contributed by atoms with Gasteiger partial charge in [0.1, 0.15) is 5.60 Å². The number of hydrogen-bond acceptors (Lipinski definition) is 4. The molecule has 0 saturated carbocycles. The van der Waals surface area contributed by atoms with Crippen molar-refractivity contribution in [2.45, 2.75) is 58.8 Å². The number of carbonyl (C=O) groups excluding carboxylic acids is 1. The van der Waals surface area contributed by atoms with E-state index in [2.05, 4.69) is 29.6 Å². The summed E-state index contributed by atoms with van der Waals surface area (Å²) >= 11 is 0. The molecule has 4 nitrogen and oxygen atoms in total. The lowest BCUT2D eigenvalue weighted by atomic mass is 9.89. The van der Waals surface area contributed by atoms with E-state index in [1.165, 1.54) is 11.1 Å². The Labute approximate surface area is 173 Å². The summed E-state index contributed by atoms with van der Waals surface area (Å²) in [6.07, 6.45) is 5.45. The minimum absolute atomic E-state index is 0.0499. The number of esters is 1. The number of ether oxygens (including phenoxy) is 1. The normalized spacial score (nSPS) is 16.7. The van der Waals surface area contributed by atoms with Gasteiger partial charge < -0.3 is 15.2 Å². The first-order valence-corrected chi connectivity index (χ1v) is 10.2. The van der Waals surface area contributed by atoms with E-state index in [-0.39, 0.29) is 25.0 Å². The molecule has 4 heteroatoms. The summed E-state index contributed by atoms with van der Waals surface area (Å²) in [5.74, 6) is -0.220. The van der Waals surface area contributed by atoms with Gasteiger partial charge in [0.25, 0.3) is 0 Å². The Hall–Kier alpha value is -2.43. The Morgan fingerprint density at radius 2 is 2.00 bits per heavy atom. The van der Waals surface area contributed by atoms with E-state index in [1.807, 2.05) is 52.0 Å². The van der Waals surface area contributed by atoms with E-state index in [0.29, 0.717) is 0 Å². The molecule has 1 atom stereocenters. The van der Waals surface area contributed by atoms with Gasteiger partial charge in [-0.05, 0) is 67.5 Å². The van der Waals surface area contributed by atoms with Gasteiger partial charge in [0.05, 0.1) is 19.1 Å². The molecular formula is C25H31NO3. The van der Waals surface area contributed by atoms with Crippen molar-refractivity contribution in [3.8, 4) is 0 Å². The average molecular weight is 394 g/mol. The lowest BCUT2D eigenvalue weighted by Gasteiger charge is -2.26. The largest absolute Gasteiger partial charge is 0.460 e. The molecule has 1 heterocycles. The second-order valence-electron chi connectivity index (χ2n) is 8.64. The molecule has 1 aliphatic rings. The van der Waals surface area contributed by atoms with Crippen LogP contribution >= 0.6 is 0 Å². The zero-order chi connectivity index (χ0) is 21.0. The minimum atomic E-state index is -0.486. The summed E-state index contributed by atoms with van der Waals surface area (Å²) in [5, 5.41) is 13.2. The van der Waals surface area contributed by atoms with E-state index in [4.69, 9.17) is 4.74 Å². The second-order valence-corrected chi connectivity index (χ2v) is 8.64. The highest BCUT2D eigenvalue weighted by atomic mass is 16.6. The summed E-state index contributed by atoms with van der Waals surface area (Å²) in [4.78, 5) is 12.3. The van der Waals surface area contributed by atoms with Gasteiger partial charge >= 0.3 is 5.97 Å². The topological polar surface area (TPSA) is 58.6 Å². The third-order valence-corrected chi connectivity index (χ3v) is 5.14. The molecule has 0 fully saturated rings. The van der Waals surface area contributed by atoms with Gasteiger partial charge in [-0.25, -0.2) is 0 Å². The van der Waals surface area contributed by atoms with Crippen LogP contribution < -0.4 is 5.32 Å². The lowest BCUT2D eigenvalue weighted by molar-refractivity contribution is -0.153. The number of aliphatic hydroxyl groups excluding tert-OH is 1. The molecule has 1 unspecified atom stereocenters. The Bertz CT molecular complexity index is 909. The number of fused-ring (bicyclic) bond motifs is 1. The quantitative estimate of drug-likeness (QED) is 0.745. The molecule has 3 rings (SSSR count). The maximum absolute atomic E-state index is 12.3. The standard InChI is InChI=1S/C25H31NO3/c1-17-13-20-11-12-26-23(22(20)14-21(17)16-27)10-9-18-7-5-6-8-19(18)15-24(28)29-25(2,3)4/h5-10,13-14,23,26-27H,11-12,15-16H2,1-4H3/b10-9+. The number of aliphatic hydroxyl groups is 1. The fourth-order valence-corrected chi connectivity index (χ4v) is 3.74. The summed E-state index contributed by atoms with van der Waals surface area (Å²) < 4.78 is 5.48. The molecule has 1 aliphatic heterocycles. The van der Waals surface area contributed by atoms with Crippen molar-refractivity contribution in [1.29, 1.82) is 0 Å². The first kappa shape index (κ1) is 21.3. The Kier molecular flexibility index (Phi) is 6.56. The van der Waals surface area contributed by atoms with E-state index in [9.17, 15) is 9.90 Å². The highest BCUT2D eigenvalue weighted by Gasteiger charge is 2.20. The molecular weight excluding hydrogens is 362 g/mol. The van der Waals surface area contributed by atoms with E-state index in [1.54, 1.807) is 0 Å². The number of carbonyl (C=O) groups is 1. The van der Waals surface area contributed by atoms with Crippen molar-refractivity contribution in [1.82, 2.24) is 5.32 Å². The summed E-state index contributed by atoms with van der Waals surface area (Å²) in [7, 11) is 0. The van der Waals surface area contributed by atoms with Gasteiger partial charge in [-0.1, -0.05) is 48.6 Å².